The number of carbonyl (C=O) groups is 2. The van der Waals surface area contributed by atoms with E-state index < -0.39 is 12.0 Å². The lowest BCUT2D eigenvalue weighted by atomic mass is 10.1. The minimum atomic E-state index is -0.971. The molecule has 6 heteroatoms. The number of rotatable bonds is 4. The van der Waals surface area contributed by atoms with Crippen LogP contribution in [0, 0.1) is 0 Å². The molecule has 1 aliphatic rings. The Bertz CT molecular complexity index is 463. The summed E-state index contributed by atoms with van der Waals surface area (Å²) in [6, 6.07) is 3.13. The minimum absolute atomic E-state index is 0.0396. The number of carboxylic acid groups (broad SMARTS) is 1. The monoisotopic (exact) mass is 263 g/mol. The number of amides is 1. The Morgan fingerprint density at radius 1 is 1.63 bits per heavy atom. The first-order valence-corrected chi connectivity index (χ1v) is 6.22. The maximum atomic E-state index is 12.3. The van der Waals surface area contributed by atoms with Crippen LogP contribution in [-0.4, -0.2) is 45.5 Å². The molecule has 1 aliphatic heterocycles. The van der Waals surface area contributed by atoms with Gasteiger partial charge in [-0.05, 0) is 18.6 Å². The van der Waals surface area contributed by atoms with Crippen molar-refractivity contribution < 1.29 is 14.7 Å². The Balaban J connectivity index is 2.08. The molecule has 0 aliphatic carbocycles. The van der Waals surface area contributed by atoms with Gasteiger partial charge in [-0.25, -0.2) is 0 Å². The van der Waals surface area contributed by atoms with Crippen molar-refractivity contribution in [1.29, 1.82) is 0 Å². The lowest BCUT2D eigenvalue weighted by Crippen LogP contribution is -2.59. The summed E-state index contributed by atoms with van der Waals surface area (Å²) in [6.07, 6.45) is 3.21. The number of carboxylic acids is 1. The summed E-state index contributed by atoms with van der Waals surface area (Å²) in [6.45, 7) is 3.01. The quantitative estimate of drug-likeness (QED) is 0.813. The maximum absolute atomic E-state index is 12.3. The highest BCUT2D eigenvalue weighted by atomic mass is 16.4. The van der Waals surface area contributed by atoms with Crippen LogP contribution in [0.15, 0.2) is 24.5 Å². The molecule has 19 heavy (non-hydrogen) atoms. The topological polar surface area (TPSA) is 82.5 Å². The van der Waals surface area contributed by atoms with Crippen molar-refractivity contribution in [1.82, 2.24) is 15.2 Å². The zero-order valence-electron chi connectivity index (χ0n) is 10.7. The average molecular weight is 263 g/mol. The summed E-state index contributed by atoms with van der Waals surface area (Å²) in [5.41, 5.74) is 0.943. The Morgan fingerprint density at radius 2 is 2.42 bits per heavy atom. The predicted molar refractivity (Wildman–Crippen MR) is 68.3 cm³/mol. The second-order valence-corrected chi connectivity index (χ2v) is 4.74. The van der Waals surface area contributed by atoms with Gasteiger partial charge in [0.05, 0.1) is 12.5 Å². The van der Waals surface area contributed by atoms with Crippen molar-refractivity contribution >= 4 is 11.9 Å². The van der Waals surface area contributed by atoms with E-state index in [-0.39, 0.29) is 18.4 Å². The van der Waals surface area contributed by atoms with Crippen molar-refractivity contribution in [3.05, 3.63) is 30.1 Å². The van der Waals surface area contributed by atoms with Gasteiger partial charge in [-0.1, -0.05) is 6.07 Å². The van der Waals surface area contributed by atoms with E-state index in [1.807, 2.05) is 19.1 Å². The van der Waals surface area contributed by atoms with Gasteiger partial charge in [0.25, 0.3) is 0 Å². The normalized spacial score (nSPS) is 23.4. The van der Waals surface area contributed by atoms with Crippen LogP contribution in [0.3, 0.4) is 0 Å². The molecule has 1 amide bonds. The zero-order chi connectivity index (χ0) is 13.8. The Kier molecular flexibility index (Phi) is 4.11. The molecule has 1 saturated heterocycles. The summed E-state index contributed by atoms with van der Waals surface area (Å²) >= 11 is 0. The number of nitrogens with zero attached hydrogens (tertiary/aromatic N) is 2. The van der Waals surface area contributed by atoms with Gasteiger partial charge in [0.2, 0.25) is 5.91 Å². The molecule has 2 atom stereocenters. The summed E-state index contributed by atoms with van der Waals surface area (Å²) in [5.74, 6) is -1.13. The summed E-state index contributed by atoms with van der Waals surface area (Å²) in [5, 5.41) is 11.8. The van der Waals surface area contributed by atoms with Crippen molar-refractivity contribution in [2.75, 3.05) is 6.54 Å². The molecule has 2 unspecified atom stereocenters. The molecule has 6 nitrogen and oxygen atoms in total. The fourth-order valence-electron chi connectivity index (χ4n) is 2.18. The van der Waals surface area contributed by atoms with Crippen LogP contribution in [0.25, 0.3) is 0 Å². The summed E-state index contributed by atoms with van der Waals surface area (Å²) in [4.78, 5) is 28.7. The Morgan fingerprint density at radius 3 is 3.05 bits per heavy atom. The van der Waals surface area contributed by atoms with Crippen molar-refractivity contribution in [2.45, 2.75) is 32.0 Å². The van der Waals surface area contributed by atoms with E-state index in [0.29, 0.717) is 13.1 Å². The first-order valence-electron chi connectivity index (χ1n) is 6.22. The van der Waals surface area contributed by atoms with Gasteiger partial charge in [0.15, 0.2) is 0 Å². The molecule has 1 aromatic rings. The largest absolute Gasteiger partial charge is 0.481 e. The lowest BCUT2D eigenvalue weighted by Gasteiger charge is -2.38. The smallest absolute Gasteiger partial charge is 0.305 e. The van der Waals surface area contributed by atoms with Crippen LogP contribution in [-0.2, 0) is 16.1 Å². The Labute approximate surface area is 111 Å². The van der Waals surface area contributed by atoms with E-state index >= 15 is 0 Å². The van der Waals surface area contributed by atoms with Gasteiger partial charge in [0, 0.05) is 31.5 Å². The molecule has 0 saturated carbocycles. The number of hydrogen-bond acceptors (Lipinski definition) is 4. The van der Waals surface area contributed by atoms with Gasteiger partial charge in [-0.15, -0.1) is 0 Å². The van der Waals surface area contributed by atoms with Crippen LogP contribution in [0.5, 0.6) is 0 Å². The minimum Gasteiger partial charge on any atom is -0.481 e. The van der Waals surface area contributed by atoms with E-state index in [1.54, 1.807) is 17.3 Å². The molecule has 0 aromatic carbocycles. The molecule has 1 aromatic heterocycles. The molecule has 0 radical (unpaired) electrons. The Hall–Kier alpha value is -1.95. The molecule has 102 valence electrons. The van der Waals surface area contributed by atoms with Gasteiger partial charge in [-0.2, -0.15) is 0 Å². The molecular weight excluding hydrogens is 246 g/mol. The fraction of sp³-hybridized carbons (Fsp3) is 0.462. The standard InChI is InChI=1S/C13H17N3O3/c1-9-6-15-11(5-12(17)18)13(19)16(9)8-10-3-2-4-14-7-10/h2-4,7,9,11,15H,5-6,8H2,1H3,(H,17,18). The average Bonchev–Trinajstić information content (AvgIpc) is 2.39. The van der Waals surface area contributed by atoms with Crippen LogP contribution in [0.4, 0.5) is 0 Å². The number of nitrogens with one attached hydrogen (secondary N) is 1. The van der Waals surface area contributed by atoms with Gasteiger partial charge < -0.3 is 15.3 Å². The number of hydrogen-bond donors (Lipinski definition) is 2. The molecule has 1 fully saturated rings. The van der Waals surface area contributed by atoms with Gasteiger partial charge in [-0.3, -0.25) is 14.6 Å². The second kappa shape index (κ2) is 5.79. The van der Waals surface area contributed by atoms with Crippen LogP contribution in [0.2, 0.25) is 0 Å². The second-order valence-electron chi connectivity index (χ2n) is 4.74. The molecule has 2 heterocycles. The van der Waals surface area contributed by atoms with E-state index in [4.69, 9.17) is 5.11 Å². The SMILES string of the molecule is CC1CNC(CC(=O)O)C(=O)N1Cc1cccnc1. The molecule has 2 rings (SSSR count). The van der Waals surface area contributed by atoms with Crippen molar-refractivity contribution in [3.63, 3.8) is 0 Å². The van der Waals surface area contributed by atoms with Gasteiger partial charge in [0.1, 0.15) is 0 Å². The number of aliphatic carboxylic acids is 1. The molecule has 0 spiro atoms. The molecular formula is C13H17N3O3. The van der Waals surface area contributed by atoms with Gasteiger partial charge >= 0.3 is 5.97 Å². The van der Waals surface area contributed by atoms with E-state index in [2.05, 4.69) is 10.3 Å². The van der Waals surface area contributed by atoms with Crippen LogP contribution in [0.1, 0.15) is 18.9 Å². The lowest BCUT2D eigenvalue weighted by molar-refractivity contribution is -0.146. The fourth-order valence-corrected chi connectivity index (χ4v) is 2.18. The number of pyridine rings is 1. The first kappa shape index (κ1) is 13.5. The summed E-state index contributed by atoms with van der Waals surface area (Å²) < 4.78 is 0. The van der Waals surface area contributed by atoms with E-state index in [0.717, 1.165) is 5.56 Å². The zero-order valence-corrected chi connectivity index (χ0v) is 10.7. The van der Waals surface area contributed by atoms with Crippen LogP contribution < -0.4 is 5.32 Å². The number of piperazine rings is 1. The van der Waals surface area contributed by atoms with E-state index in [9.17, 15) is 9.59 Å². The van der Waals surface area contributed by atoms with Crippen LogP contribution >= 0.6 is 0 Å². The maximum Gasteiger partial charge on any atom is 0.305 e. The van der Waals surface area contributed by atoms with Crippen molar-refractivity contribution in [2.24, 2.45) is 0 Å². The van der Waals surface area contributed by atoms with E-state index in [1.165, 1.54) is 0 Å². The first-order chi connectivity index (χ1) is 9.08. The molecule has 0 bridgehead atoms. The number of aromatic nitrogens is 1. The molecule has 2 N–H and O–H groups in total. The highest BCUT2D eigenvalue weighted by molar-refractivity contribution is 5.87. The summed E-state index contributed by atoms with van der Waals surface area (Å²) in [7, 11) is 0. The third-order valence-corrected chi connectivity index (χ3v) is 3.23. The highest BCUT2D eigenvalue weighted by Crippen LogP contribution is 2.14. The van der Waals surface area contributed by atoms with Crippen molar-refractivity contribution in [3.8, 4) is 0 Å². The highest BCUT2D eigenvalue weighted by Gasteiger charge is 2.33. The number of carbonyl (C=O) groups excluding carboxylic acids is 1. The predicted octanol–water partition coefficient (Wildman–Crippen LogP) is 0.245. The third-order valence-electron chi connectivity index (χ3n) is 3.23. The third kappa shape index (κ3) is 3.29.